The fraction of sp³-hybridized carbons (Fsp3) is 0.350. The summed E-state index contributed by atoms with van der Waals surface area (Å²) in [5, 5.41) is 2.92. The number of ether oxygens (including phenoxy) is 1. The lowest BCUT2D eigenvalue weighted by atomic mass is 9.87. The summed E-state index contributed by atoms with van der Waals surface area (Å²) in [6, 6.07) is 15.9. The second-order valence-corrected chi connectivity index (χ2v) is 7.59. The summed E-state index contributed by atoms with van der Waals surface area (Å²) in [6.07, 6.45) is 0. The maximum absolute atomic E-state index is 12.2. The van der Waals surface area contributed by atoms with Crippen LogP contribution in [0.4, 0.5) is 5.69 Å². The summed E-state index contributed by atoms with van der Waals surface area (Å²) in [7, 11) is 0. The lowest BCUT2D eigenvalue weighted by Gasteiger charge is -2.19. The van der Waals surface area contributed by atoms with Crippen LogP contribution in [0.15, 0.2) is 53.4 Å². The maximum atomic E-state index is 12.2. The number of benzene rings is 2. The van der Waals surface area contributed by atoms with Crippen molar-refractivity contribution in [1.82, 2.24) is 0 Å². The number of nitrogens with one attached hydrogen (secondary N) is 1. The number of carbonyl (C=O) groups is 1. The molecule has 2 rings (SSSR count). The first-order valence-corrected chi connectivity index (χ1v) is 9.13. The van der Waals surface area contributed by atoms with E-state index in [2.05, 4.69) is 50.4 Å². The molecule has 2 aromatic rings. The van der Waals surface area contributed by atoms with Gasteiger partial charge in [-0.05, 0) is 42.2 Å². The Kier molecular flexibility index (Phi) is 6.32. The van der Waals surface area contributed by atoms with Crippen LogP contribution in [-0.2, 0) is 10.2 Å². The van der Waals surface area contributed by atoms with Gasteiger partial charge in [0.15, 0.2) is 0 Å². The first-order chi connectivity index (χ1) is 11.4. The zero-order valence-corrected chi connectivity index (χ0v) is 15.6. The minimum absolute atomic E-state index is 0.0351. The van der Waals surface area contributed by atoms with Crippen molar-refractivity contribution in [1.29, 1.82) is 0 Å². The zero-order valence-electron chi connectivity index (χ0n) is 14.8. The van der Waals surface area contributed by atoms with E-state index in [-0.39, 0.29) is 11.3 Å². The second kappa shape index (κ2) is 8.25. The van der Waals surface area contributed by atoms with Crippen molar-refractivity contribution in [2.24, 2.45) is 0 Å². The Balaban J connectivity index is 1.92. The lowest BCUT2D eigenvalue weighted by Crippen LogP contribution is -2.15. The quantitative estimate of drug-likeness (QED) is 0.740. The molecular formula is C20H25NO2S. The molecule has 0 aliphatic carbocycles. The monoisotopic (exact) mass is 343 g/mol. The highest BCUT2D eigenvalue weighted by atomic mass is 32.2. The van der Waals surface area contributed by atoms with E-state index < -0.39 is 0 Å². The Labute approximate surface area is 148 Å². The molecule has 0 atom stereocenters. The molecule has 0 heterocycles. The molecule has 0 saturated carbocycles. The van der Waals surface area contributed by atoms with E-state index in [9.17, 15) is 4.79 Å². The van der Waals surface area contributed by atoms with Crippen LogP contribution in [0.3, 0.4) is 0 Å². The van der Waals surface area contributed by atoms with Gasteiger partial charge < -0.3 is 10.1 Å². The maximum Gasteiger partial charge on any atom is 0.234 e. The van der Waals surface area contributed by atoms with Gasteiger partial charge >= 0.3 is 0 Å². The van der Waals surface area contributed by atoms with E-state index in [0.29, 0.717) is 23.8 Å². The van der Waals surface area contributed by atoms with Crippen molar-refractivity contribution in [3.63, 3.8) is 0 Å². The topological polar surface area (TPSA) is 38.3 Å². The highest BCUT2D eigenvalue weighted by molar-refractivity contribution is 8.00. The van der Waals surface area contributed by atoms with E-state index in [0.717, 1.165) is 4.90 Å². The molecule has 4 heteroatoms. The van der Waals surface area contributed by atoms with Crippen LogP contribution in [0.2, 0.25) is 0 Å². The van der Waals surface area contributed by atoms with Crippen LogP contribution >= 0.6 is 11.8 Å². The normalized spacial score (nSPS) is 11.2. The largest absolute Gasteiger partial charge is 0.492 e. The summed E-state index contributed by atoms with van der Waals surface area (Å²) in [6.45, 7) is 9.08. The van der Waals surface area contributed by atoms with Crippen LogP contribution < -0.4 is 10.1 Å². The third-order valence-electron chi connectivity index (χ3n) is 3.55. The van der Waals surface area contributed by atoms with Gasteiger partial charge in [0.25, 0.3) is 0 Å². The second-order valence-electron chi connectivity index (χ2n) is 6.54. The Hall–Kier alpha value is -1.94. The van der Waals surface area contributed by atoms with Gasteiger partial charge in [-0.25, -0.2) is 0 Å². The highest BCUT2D eigenvalue weighted by Gasteiger charge is 2.13. The van der Waals surface area contributed by atoms with E-state index in [1.807, 2.05) is 31.2 Å². The molecule has 0 bridgehead atoms. The Bertz CT molecular complexity index is 675. The molecule has 128 valence electrons. The van der Waals surface area contributed by atoms with Gasteiger partial charge in [-0.15, -0.1) is 11.8 Å². The molecule has 24 heavy (non-hydrogen) atoms. The number of carbonyl (C=O) groups excluding carboxylic acids is 1. The average Bonchev–Trinajstić information content (AvgIpc) is 2.55. The molecular weight excluding hydrogens is 318 g/mol. The van der Waals surface area contributed by atoms with Gasteiger partial charge in [-0.3, -0.25) is 4.79 Å². The minimum atomic E-state index is -0.0351. The third-order valence-corrected chi connectivity index (χ3v) is 4.56. The molecule has 0 spiro atoms. The van der Waals surface area contributed by atoms with E-state index in [1.165, 1.54) is 17.3 Å². The summed E-state index contributed by atoms with van der Waals surface area (Å²) >= 11 is 1.53. The average molecular weight is 343 g/mol. The lowest BCUT2D eigenvalue weighted by molar-refractivity contribution is -0.113. The van der Waals surface area contributed by atoms with Gasteiger partial charge in [0.1, 0.15) is 5.75 Å². The molecule has 1 N–H and O–H groups in total. The molecule has 0 radical (unpaired) electrons. The number of thioether (sulfide) groups is 1. The van der Waals surface area contributed by atoms with E-state index >= 15 is 0 Å². The number of amides is 1. The standard InChI is InChI=1S/C20H25NO2S/c1-5-23-18-9-7-6-8-17(18)21-19(22)14-24-16-12-10-15(11-13-16)20(2,3)4/h6-13H,5,14H2,1-4H3,(H,21,22). The first-order valence-electron chi connectivity index (χ1n) is 8.15. The molecule has 0 saturated heterocycles. The van der Waals surface area contributed by atoms with Crippen molar-refractivity contribution in [2.75, 3.05) is 17.7 Å². The van der Waals surface area contributed by atoms with Crippen molar-refractivity contribution in [3.8, 4) is 5.75 Å². The predicted molar refractivity (Wildman–Crippen MR) is 102 cm³/mol. The Morgan fingerprint density at radius 1 is 1.08 bits per heavy atom. The number of anilines is 1. The summed E-state index contributed by atoms with van der Waals surface area (Å²) in [4.78, 5) is 13.3. The van der Waals surface area contributed by atoms with E-state index in [4.69, 9.17) is 4.74 Å². The summed E-state index contributed by atoms with van der Waals surface area (Å²) in [5.41, 5.74) is 2.15. The predicted octanol–water partition coefficient (Wildman–Crippen LogP) is 5.11. The summed E-state index contributed by atoms with van der Waals surface area (Å²) < 4.78 is 5.52. The van der Waals surface area contributed by atoms with Crippen LogP contribution in [-0.4, -0.2) is 18.3 Å². The number of hydrogen-bond acceptors (Lipinski definition) is 3. The van der Waals surface area contributed by atoms with Crippen LogP contribution in [0, 0.1) is 0 Å². The van der Waals surface area contributed by atoms with Crippen molar-refractivity contribution in [2.45, 2.75) is 38.0 Å². The van der Waals surface area contributed by atoms with Crippen LogP contribution in [0.5, 0.6) is 5.75 Å². The first kappa shape index (κ1) is 18.4. The SMILES string of the molecule is CCOc1ccccc1NC(=O)CSc1ccc(C(C)(C)C)cc1. The van der Waals surface area contributed by atoms with Crippen molar-refractivity contribution in [3.05, 3.63) is 54.1 Å². The van der Waals surface area contributed by atoms with Gasteiger partial charge in [0.2, 0.25) is 5.91 Å². The van der Waals surface area contributed by atoms with Crippen LogP contribution in [0.25, 0.3) is 0 Å². The molecule has 0 aromatic heterocycles. The fourth-order valence-electron chi connectivity index (χ4n) is 2.24. The van der Waals surface area contributed by atoms with Crippen LogP contribution in [0.1, 0.15) is 33.3 Å². The van der Waals surface area contributed by atoms with Gasteiger partial charge in [0, 0.05) is 4.90 Å². The molecule has 0 aliphatic rings. The van der Waals surface area contributed by atoms with E-state index in [1.54, 1.807) is 0 Å². The van der Waals surface area contributed by atoms with Crippen molar-refractivity contribution >= 4 is 23.4 Å². The molecule has 1 amide bonds. The van der Waals surface area contributed by atoms with Crippen molar-refractivity contribution < 1.29 is 9.53 Å². The van der Waals surface area contributed by atoms with Gasteiger partial charge in [-0.1, -0.05) is 45.0 Å². The highest BCUT2D eigenvalue weighted by Crippen LogP contribution is 2.27. The van der Waals surface area contributed by atoms with Gasteiger partial charge in [-0.2, -0.15) is 0 Å². The van der Waals surface area contributed by atoms with Gasteiger partial charge in [0.05, 0.1) is 18.0 Å². The number of hydrogen-bond donors (Lipinski definition) is 1. The molecule has 0 fully saturated rings. The molecule has 3 nitrogen and oxygen atoms in total. The number of rotatable bonds is 6. The summed E-state index contributed by atoms with van der Waals surface area (Å²) in [5.74, 6) is 1.04. The fourth-order valence-corrected chi connectivity index (χ4v) is 2.94. The molecule has 2 aromatic carbocycles. The Morgan fingerprint density at radius 2 is 1.75 bits per heavy atom. The Morgan fingerprint density at radius 3 is 2.38 bits per heavy atom. The molecule has 0 unspecified atom stereocenters. The smallest absolute Gasteiger partial charge is 0.234 e. The third kappa shape index (κ3) is 5.31. The molecule has 0 aliphatic heterocycles. The minimum Gasteiger partial charge on any atom is -0.492 e. The number of para-hydroxylation sites is 2. The zero-order chi connectivity index (χ0) is 17.6.